The zero-order valence-corrected chi connectivity index (χ0v) is 25.3. The number of halogens is 2. The van der Waals surface area contributed by atoms with Crippen molar-refractivity contribution >= 4 is 17.7 Å². The Bertz CT molecular complexity index is 1230. The molecule has 8 heteroatoms. The fourth-order valence-electron chi connectivity index (χ4n) is 4.38. The van der Waals surface area contributed by atoms with Crippen LogP contribution in [0.25, 0.3) is 17.5 Å². The van der Waals surface area contributed by atoms with Crippen LogP contribution in [0.2, 0.25) is 0 Å². The van der Waals surface area contributed by atoms with Crippen LogP contribution in [0, 0.1) is 12.8 Å². The quantitative estimate of drug-likeness (QED) is 0.284. The Balaban J connectivity index is 0.000000545. The van der Waals surface area contributed by atoms with E-state index < -0.39 is 5.92 Å². The van der Waals surface area contributed by atoms with Gasteiger partial charge >= 0.3 is 0 Å². The van der Waals surface area contributed by atoms with Gasteiger partial charge in [-0.15, -0.1) is 0 Å². The highest BCUT2D eigenvalue weighted by atomic mass is 19.3. The molecule has 2 aromatic heterocycles. The first kappa shape index (κ1) is 32.8. The van der Waals surface area contributed by atoms with Gasteiger partial charge in [-0.25, -0.2) is 18.7 Å². The molecule has 218 valence electrons. The van der Waals surface area contributed by atoms with E-state index in [0.29, 0.717) is 5.92 Å². The molecule has 1 aliphatic rings. The lowest BCUT2D eigenvalue weighted by molar-refractivity contribution is -0.118. The molecule has 0 spiro atoms. The minimum absolute atomic E-state index is 0.00524. The first-order valence-corrected chi connectivity index (χ1v) is 14.3. The minimum Gasteiger partial charge on any atom is -0.356 e. The van der Waals surface area contributed by atoms with Crippen molar-refractivity contribution in [2.24, 2.45) is 5.92 Å². The first-order chi connectivity index (χ1) is 19.0. The van der Waals surface area contributed by atoms with Crippen molar-refractivity contribution in [2.75, 3.05) is 18.0 Å². The zero-order chi connectivity index (χ0) is 29.9. The summed E-state index contributed by atoms with van der Waals surface area (Å²) in [6.07, 6.45) is 8.71. The number of benzene rings is 1. The summed E-state index contributed by atoms with van der Waals surface area (Å²) in [5.41, 5.74) is 5.17. The van der Waals surface area contributed by atoms with Gasteiger partial charge in [0, 0.05) is 55.7 Å². The van der Waals surface area contributed by atoms with Gasteiger partial charge in [0.1, 0.15) is 5.82 Å². The van der Waals surface area contributed by atoms with Crippen LogP contribution in [0.3, 0.4) is 0 Å². The number of ketones is 1. The highest BCUT2D eigenvalue weighted by Gasteiger charge is 2.26. The van der Waals surface area contributed by atoms with Gasteiger partial charge in [-0.2, -0.15) is 5.10 Å². The first-order valence-electron chi connectivity index (χ1n) is 14.3. The van der Waals surface area contributed by atoms with Gasteiger partial charge in [0.25, 0.3) is 0 Å². The monoisotopic (exact) mass is 553 g/mol. The molecular weight excluding hydrogens is 508 g/mol. The van der Waals surface area contributed by atoms with Gasteiger partial charge < -0.3 is 4.90 Å². The van der Waals surface area contributed by atoms with E-state index in [1.54, 1.807) is 0 Å². The average molecular weight is 554 g/mol. The van der Waals surface area contributed by atoms with E-state index in [4.69, 9.17) is 4.98 Å². The van der Waals surface area contributed by atoms with Crippen molar-refractivity contribution < 1.29 is 13.6 Å². The normalized spacial score (nSPS) is 15.3. The number of aromatic nitrogens is 4. The summed E-state index contributed by atoms with van der Waals surface area (Å²) in [5, 5.41) is 6.99. The number of allylic oxidation sites excluding steroid dienone is 1. The molecule has 1 aromatic carbocycles. The average Bonchev–Trinajstić information content (AvgIpc) is 3.68. The maximum atomic E-state index is 12.2. The molecule has 0 saturated carbocycles. The molecule has 0 amide bonds. The number of carbonyl (C=O) groups excluding carboxylic acids is 1. The summed E-state index contributed by atoms with van der Waals surface area (Å²) in [6.45, 7) is 16.7. The van der Waals surface area contributed by atoms with Gasteiger partial charge in [-0.05, 0) is 60.7 Å². The summed E-state index contributed by atoms with van der Waals surface area (Å²) in [5.74, 6) is -0.0827. The van der Waals surface area contributed by atoms with Crippen LogP contribution in [0.4, 0.5) is 14.6 Å². The van der Waals surface area contributed by atoms with E-state index in [-0.39, 0.29) is 24.5 Å². The molecule has 0 radical (unpaired) electrons. The highest BCUT2D eigenvalue weighted by Crippen LogP contribution is 2.30. The molecule has 1 fully saturated rings. The molecule has 4 rings (SSSR count). The highest BCUT2D eigenvalue weighted by molar-refractivity contribution is 6.00. The molecule has 0 aliphatic carbocycles. The third-order valence-corrected chi connectivity index (χ3v) is 6.99. The summed E-state index contributed by atoms with van der Waals surface area (Å²) in [6, 6.07) is 8.15. The second-order valence-corrected chi connectivity index (χ2v) is 10.2. The Morgan fingerprint density at radius 2 is 1.90 bits per heavy atom. The molecule has 1 N–H and O–H groups in total. The fraction of sp³-hybridized carbons (Fsp3) is 0.500. The Morgan fingerprint density at radius 3 is 2.45 bits per heavy atom. The van der Waals surface area contributed by atoms with Crippen molar-refractivity contribution in [1.82, 2.24) is 20.2 Å². The number of aryl methyl sites for hydroxylation is 1. The van der Waals surface area contributed by atoms with Crippen LogP contribution in [-0.2, 0) is 4.79 Å². The number of nitrogens with zero attached hydrogens (tertiary/aromatic N) is 4. The van der Waals surface area contributed by atoms with Crippen molar-refractivity contribution in [3.63, 3.8) is 0 Å². The Kier molecular flexibility index (Phi) is 12.6. The maximum Gasteiger partial charge on any atom is 0.247 e. The molecule has 40 heavy (non-hydrogen) atoms. The lowest BCUT2D eigenvalue weighted by Gasteiger charge is -2.18. The number of nitrogens with one attached hydrogen (secondary N) is 1. The molecule has 1 aliphatic heterocycles. The van der Waals surface area contributed by atoms with Crippen molar-refractivity contribution in [3.8, 4) is 11.4 Å². The largest absolute Gasteiger partial charge is 0.356 e. The summed E-state index contributed by atoms with van der Waals surface area (Å²) < 4.78 is 23.8. The molecule has 6 nitrogen and oxygen atoms in total. The Labute approximate surface area is 238 Å². The van der Waals surface area contributed by atoms with Crippen molar-refractivity contribution in [3.05, 3.63) is 65.1 Å². The molecule has 1 unspecified atom stereocenters. The van der Waals surface area contributed by atoms with E-state index >= 15 is 0 Å². The molecule has 0 bridgehead atoms. The summed E-state index contributed by atoms with van der Waals surface area (Å²) in [7, 11) is 0. The number of Topliss-reactive ketones (excluding diaryl/α,β-unsaturated/α-hetero) is 1. The number of aromatic amines is 1. The third-order valence-electron chi connectivity index (χ3n) is 6.99. The molecule has 1 saturated heterocycles. The van der Waals surface area contributed by atoms with Crippen LogP contribution >= 0.6 is 0 Å². The topological polar surface area (TPSA) is 74.8 Å². The lowest BCUT2D eigenvalue weighted by atomic mass is 9.97. The van der Waals surface area contributed by atoms with E-state index in [1.807, 2.05) is 77.5 Å². The summed E-state index contributed by atoms with van der Waals surface area (Å²) >= 11 is 0. The second kappa shape index (κ2) is 15.4. The van der Waals surface area contributed by atoms with Crippen molar-refractivity contribution in [2.45, 2.75) is 86.5 Å². The number of H-pyrrole nitrogens is 1. The van der Waals surface area contributed by atoms with Gasteiger partial charge in [0.15, 0.2) is 11.6 Å². The predicted octanol–water partition coefficient (Wildman–Crippen LogP) is 8.27. The zero-order valence-electron chi connectivity index (χ0n) is 25.3. The van der Waals surface area contributed by atoms with Gasteiger partial charge in [0.2, 0.25) is 5.92 Å². The van der Waals surface area contributed by atoms with Gasteiger partial charge in [0.05, 0.1) is 6.20 Å². The van der Waals surface area contributed by atoms with Gasteiger partial charge in [-0.1, -0.05) is 53.7 Å². The number of anilines is 1. The number of hydrogen-bond acceptors (Lipinski definition) is 5. The van der Waals surface area contributed by atoms with Crippen LogP contribution < -0.4 is 4.90 Å². The Hall–Kier alpha value is -3.42. The SMILES string of the molecule is C/C(=C\c1ccc(-c2nccc(N3CCC(c4cn[nH]c4)C3)n2)cc1C)C(=O)C(C)C.CC.CCC(F)(F)CC. The standard InChI is InChI=1S/C25H29N5O.C5H10F2.C2H6/c1-16(2)24(31)18(4)12-19-5-6-20(11-17(19)3)25-26-9-7-23(29-25)30-10-8-21(15-30)22-13-27-28-14-22;1-3-5(6,7)4-2;1-2/h5-7,9,11-14,16,21H,8,10,15H2,1-4H3,(H,27,28);3-4H2,1-2H3;1-2H3/b18-12+;;. The number of rotatable bonds is 8. The van der Waals surface area contributed by atoms with Crippen LogP contribution in [0.1, 0.15) is 90.3 Å². The lowest BCUT2D eigenvalue weighted by Crippen LogP contribution is -2.20. The van der Waals surface area contributed by atoms with Crippen LogP contribution in [0.5, 0.6) is 0 Å². The van der Waals surface area contributed by atoms with Gasteiger partial charge in [-0.3, -0.25) is 9.89 Å². The number of hydrogen-bond donors (Lipinski definition) is 1. The predicted molar refractivity (Wildman–Crippen MR) is 161 cm³/mol. The van der Waals surface area contributed by atoms with E-state index in [9.17, 15) is 13.6 Å². The fourth-order valence-corrected chi connectivity index (χ4v) is 4.38. The Morgan fingerprint density at radius 1 is 1.20 bits per heavy atom. The van der Waals surface area contributed by atoms with Crippen molar-refractivity contribution in [1.29, 1.82) is 0 Å². The number of carbonyl (C=O) groups is 1. The van der Waals surface area contributed by atoms with E-state index in [2.05, 4.69) is 33.1 Å². The van der Waals surface area contributed by atoms with E-state index in [1.165, 1.54) is 19.4 Å². The second-order valence-electron chi connectivity index (χ2n) is 10.2. The van der Waals surface area contributed by atoms with E-state index in [0.717, 1.165) is 53.4 Å². The molecule has 3 aromatic rings. The third kappa shape index (κ3) is 9.07. The summed E-state index contributed by atoms with van der Waals surface area (Å²) in [4.78, 5) is 23.9. The smallest absolute Gasteiger partial charge is 0.247 e. The maximum absolute atomic E-state index is 12.2. The van der Waals surface area contributed by atoms with Crippen LogP contribution in [-0.4, -0.2) is 45.0 Å². The molecule has 3 heterocycles. The van der Waals surface area contributed by atoms with Crippen LogP contribution in [0.15, 0.2) is 48.4 Å². The molecule has 1 atom stereocenters. The minimum atomic E-state index is -2.42. The number of alkyl halides is 2. The molecular formula is C32H45F2N5O.